The zero-order valence-electron chi connectivity index (χ0n) is 12.4. The number of pyridine rings is 1. The van der Waals surface area contributed by atoms with Crippen LogP contribution < -0.4 is 10.6 Å². The third-order valence-electron chi connectivity index (χ3n) is 4.07. The minimum Gasteiger partial charge on any atom is -0.352 e. The summed E-state index contributed by atoms with van der Waals surface area (Å²) >= 11 is 0. The summed E-state index contributed by atoms with van der Waals surface area (Å²) in [6.45, 7) is 8.27. The number of hydrogen-bond acceptors (Lipinski definition) is 4. The largest absolute Gasteiger partial charge is 0.352 e. The molecule has 1 atom stereocenters. The smallest absolute Gasteiger partial charge is 0.129 e. The molecule has 0 saturated carbocycles. The van der Waals surface area contributed by atoms with E-state index < -0.39 is 0 Å². The van der Waals surface area contributed by atoms with Crippen molar-refractivity contribution in [1.29, 1.82) is 0 Å². The summed E-state index contributed by atoms with van der Waals surface area (Å²) < 4.78 is 0. The number of likely N-dealkylation sites (N-methyl/N-ethyl adjacent to an activating group) is 1. The molecule has 0 aliphatic carbocycles. The van der Waals surface area contributed by atoms with Gasteiger partial charge >= 0.3 is 0 Å². The van der Waals surface area contributed by atoms with Crippen LogP contribution in [0.5, 0.6) is 0 Å². The van der Waals surface area contributed by atoms with Gasteiger partial charge in [-0.15, -0.1) is 0 Å². The van der Waals surface area contributed by atoms with Crippen LogP contribution in [0.15, 0.2) is 12.1 Å². The van der Waals surface area contributed by atoms with Gasteiger partial charge in [0.05, 0.1) is 0 Å². The molecule has 106 valence electrons. The molecule has 1 fully saturated rings. The van der Waals surface area contributed by atoms with Crippen LogP contribution >= 0.6 is 0 Å². The maximum atomic E-state index is 5.72. The van der Waals surface area contributed by atoms with Crippen molar-refractivity contribution in [3.05, 3.63) is 23.4 Å². The Morgan fingerprint density at radius 2 is 2.16 bits per heavy atom. The first-order chi connectivity index (χ1) is 9.15. The fraction of sp³-hybridized carbons (Fsp3) is 0.667. The molecule has 1 aromatic rings. The summed E-state index contributed by atoms with van der Waals surface area (Å²) in [7, 11) is 2.21. The number of nitrogens with zero attached hydrogens (tertiary/aromatic N) is 3. The third kappa shape index (κ3) is 3.25. The minimum absolute atomic E-state index is 0.558. The quantitative estimate of drug-likeness (QED) is 0.902. The summed E-state index contributed by atoms with van der Waals surface area (Å²) in [4.78, 5) is 9.65. The van der Waals surface area contributed by atoms with Gasteiger partial charge in [-0.05, 0) is 45.0 Å². The van der Waals surface area contributed by atoms with Gasteiger partial charge in [0.2, 0.25) is 0 Å². The molecule has 0 aromatic carbocycles. The molecular weight excluding hydrogens is 236 g/mol. The molecule has 1 aliphatic rings. The van der Waals surface area contributed by atoms with Gasteiger partial charge in [-0.3, -0.25) is 0 Å². The molecule has 2 rings (SSSR count). The molecule has 1 aliphatic heterocycles. The highest BCUT2D eigenvalue weighted by Gasteiger charge is 2.23. The summed E-state index contributed by atoms with van der Waals surface area (Å²) in [5.41, 5.74) is 7.92. The van der Waals surface area contributed by atoms with E-state index in [0.29, 0.717) is 12.6 Å². The molecule has 1 unspecified atom stereocenters. The van der Waals surface area contributed by atoms with E-state index in [1.54, 1.807) is 0 Å². The monoisotopic (exact) mass is 262 g/mol. The van der Waals surface area contributed by atoms with E-state index >= 15 is 0 Å². The van der Waals surface area contributed by atoms with Gasteiger partial charge in [0.15, 0.2) is 0 Å². The Kier molecular flexibility index (Phi) is 4.77. The molecular formula is C15H26N4. The second kappa shape index (κ2) is 6.35. The van der Waals surface area contributed by atoms with Gasteiger partial charge in [0.25, 0.3) is 0 Å². The van der Waals surface area contributed by atoms with E-state index in [2.05, 4.69) is 42.8 Å². The fourth-order valence-corrected chi connectivity index (χ4v) is 2.85. The molecule has 0 bridgehead atoms. The molecule has 1 aromatic heterocycles. The van der Waals surface area contributed by atoms with Crippen molar-refractivity contribution >= 4 is 5.82 Å². The number of aryl methyl sites for hydroxylation is 1. The molecule has 4 nitrogen and oxygen atoms in total. The van der Waals surface area contributed by atoms with Crippen LogP contribution in [-0.4, -0.2) is 42.6 Å². The van der Waals surface area contributed by atoms with E-state index in [4.69, 9.17) is 10.7 Å². The summed E-state index contributed by atoms with van der Waals surface area (Å²) in [5.74, 6) is 1.11. The van der Waals surface area contributed by atoms with Crippen molar-refractivity contribution in [1.82, 2.24) is 9.88 Å². The van der Waals surface area contributed by atoms with Gasteiger partial charge in [0.1, 0.15) is 5.82 Å². The Morgan fingerprint density at radius 1 is 1.37 bits per heavy atom. The van der Waals surface area contributed by atoms with E-state index in [0.717, 1.165) is 36.6 Å². The second-order valence-corrected chi connectivity index (χ2v) is 5.49. The lowest BCUT2D eigenvalue weighted by Crippen LogP contribution is -2.40. The molecule has 19 heavy (non-hydrogen) atoms. The first kappa shape index (κ1) is 14.3. The molecule has 2 heterocycles. The minimum atomic E-state index is 0.558. The van der Waals surface area contributed by atoms with Crippen molar-refractivity contribution in [2.45, 2.75) is 39.3 Å². The highest BCUT2D eigenvalue weighted by atomic mass is 15.3. The average Bonchev–Trinajstić information content (AvgIpc) is 2.60. The Hall–Kier alpha value is -1.13. The lowest BCUT2D eigenvalue weighted by molar-refractivity contribution is 0.327. The molecule has 2 N–H and O–H groups in total. The van der Waals surface area contributed by atoms with Crippen LogP contribution in [-0.2, 0) is 6.54 Å². The van der Waals surface area contributed by atoms with Crippen molar-refractivity contribution < 1.29 is 0 Å². The van der Waals surface area contributed by atoms with Crippen LogP contribution in [0.3, 0.4) is 0 Å². The number of hydrogen-bond donors (Lipinski definition) is 1. The van der Waals surface area contributed by atoms with Crippen molar-refractivity contribution in [2.24, 2.45) is 5.73 Å². The third-order valence-corrected chi connectivity index (χ3v) is 4.07. The summed E-state index contributed by atoms with van der Waals surface area (Å²) in [5, 5.41) is 0. The molecule has 1 saturated heterocycles. The van der Waals surface area contributed by atoms with Crippen LogP contribution in [0, 0.1) is 6.92 Å². The predicted octanol–water partition coefficient (Wildman–Crippen LogP) is 1.77. The zero-order chi connectivity index (χ0) is 13.8. The highest BCUT2D eigenvalue weighted by Crippen LogP contribution is 2.21. The topological polar surface area (TPSA) is 45.4 Å². The lowest BCUT2D eigenvalue weighted by atomic mass is 10.1. The van der Waals surface area contributed by atoms with E-state index in [1.165, 1.54) is 13.0 Å². The van der Waals surface area contributed by atoms with Crippen molar-refractivity contribution in [3.63, 3.8) is 0 Å². The fourth-order valence-electron chi connectivity index (χ4n) is 2.85. The van der Waals surface area contributed by atoms with Crippen LogP contribution in [0.1, 0.15) is 31.0 Å². The maximum absolute atomic E-state index is 5.72. The number of rotatable bonds is 3. The number of anilines is 1. The lowest BCUT2D eigenvalue weighted by Gasteiger charge is -2.31. The van der Waals surface area contributed by atoms with Gasteiger partial charge in [-0.1, -0.05) is 13.0 Å². The molecule has 0 amide bonds. The van der Waals surface area contributed by atoms with Gasteiger partial charge < -0.3 is 15.5 Å². The maximum Gasteiger partial charge on any atom is 0.129 e. The van der Waals surface area contributed by atoms with Gasteiger partial charge in [-0.25, -0.2) is 4.98 Å². The van der Waals surface area contributed by atoms with E-state index in [-0.39, 0.29) is 0 Å². The van der Waals surface area contributed by atoms with Crippen LogP contribution in [0.25, 0.3) is 0 Å². The Bertz CT molecular complexity index is 419. The standard InChI is InChI=1S/C15H26N4/c1-4-14-11-18(3)8-5-9-19(14)15-7-6-13(10-16)12(2)17-15/h6-7,14H,4-5,8-11,16H2,1-3H3. The molecule has 0 spiro atoms. The summed E-state index contributed by atoms with van der Waals surface area (Å²) in [6, 6.07) is 4.81. The first-order valence-corrected chi connectivity index (χ1v) is 7.27. The Labute approximate surface area is 116 Å². The first-order valence-electron chi connectivity index (χ1n) is 7.27. The Morgan fingerprint density at radius 3 is 2.79 bits per heavy atom. The van der Waals surface area contributed by atoms with Crippen LogP contribution in [0.4, 0.5) is 5.82 Å². The van der Waals surface area contributed by atoms with Gasteiger partial charge in [0, 0.05) is 31.4 Å². The van der Waals surface area contributed by atoms with E-state index in [9.17, 15) is 0 Å². The highest BCUT2D eigenvalue weighted by molar-refractivity contribution is 5.43. The number of aromatic nitrogens is 1. The average molecular weight is 262 g/mol. The summed E-state index contributed by atoms with van der Waals surface area (Å²) in [6.07, 6.45) is 2.36. The van der Waals surface area contributed by atoms with Crippen molar-refractivity contribution in [2.75, 3.05) is 31.6 Å². The van der Waals surface area contributed by atoms with Gasteiger partial charge in [-0.2, -0.15) is 0 Å². The van der Waals surface area contributed by atoms with E-state index in [1.807, 2.05) is 0 Å². The molecule has 4 heteroatoms. The van der Waals surface area contributed by atoms with Crippen molar-refractivity contribution in [3.8, 4) is 0 Å². The number of nitrogens with two attached hydrogens (primary N) is 1. The van der Waals surface area contributed by atoms with Crippen LogP contribution in [0.2, 0.25) is 0 Å². The predicted molar refractivity (Wildman–Crippen MR) is 80.4 cm³/mol. The zero-order valence-corrected chi connectivity index (χ0v) is 12.4. The SMILES string of the molecule is CCC1CN(C)CCCN1c1ccc(CN)c(C)n1. The molecule has 0 radical (unpaired) electrons. The second-order valence-electron chi connectivity index (χ2n) is 5.49. The Balaban J connectivity index is 2.25. The normalized spacial score (nSPS) is 21.5.